The van der Waals surface area contributed by atoms with Crippen LogP contribution in [0.4, 0.5) is 5.69 Å². The van der Waals surface area contributed by atoms with Crippen molar-refractivity contribution in [2.45, 2.75) is 33.2 Å². The lowest BCUT2D eigenvalue weighted by Gasteiger charge is -2.14. The molecule has 1 atom stereocenters. The van der Waals surface area contributed by atoms with Gasteiger partial charge in [-0.25, -0.2) is 0 Å². The van der Waals surface area contributed by atoms with Crippen LogP contribution in [0.1, 0.15) is 30.8 Å². The smallest absolute Gasteiger partial charge is 0.226 e. The molecule has 0 aliphatic rings. The van der Waals surface area contributed by atoms with Crippen LogP contribution in [0.5, 0.6) is 5.75 Å². The summed E-state index contributed by atoms with van der Waals surface area (Å²) in [7, 11) is 1.60. The van der Waals surface area contributed by atoms with Crippen LogP contribution in [0.2, 0.25) is 0 Å². The van der Waals surface area contributed by atoms with E-state index in [1.807, 2.05) is 49.7 Å². The molecule has 0 unspecified atom stereocenters. The zero-order valence-corrected chi connectivity index (χ0v) is 12.9. The number of anilines is 1. The first-order valence-corrected chi connectivity index (χ1v) is 6.96. The Morgan fingerprint density at radius 3 is 2.76 bits per heavy atom. The highest BCUT2D eigenvalue weighted by molar-refractivity contribution is 5.91. The van der Waals surface area contributed by atoms with E-state index in [0.717, 1.165) is 22.8 Å². The van der Waals surface area contributed by atoms with Crippen molar-refractivity contribution in [2.75, 3.05) is 12.4 Å². The third kappa shape index (κ3) is 3.84. The Kier molecular flexibility index (Phi) is 4.62. The molecular formula is C16H21N3O2. The number of aromatic nitrogens is 2. The first-order valence-electron chi connectivity index (χ1n) is 6.96. The highest BCUT2D eigenvalue weighted by Crippen LogP contribution is 2.19. The number of rotatable bonds is 5. The van der Waals surface area contributed by atoms with Crippen molar-refractivity contribution in [3.8, 4) is 5.75 Å². The molecule has 0 fully saturated rings. The number of benzene rings is 1. The second-order valence-electron chi connectivity index (χ2n) is 5.20. The van der Waals surface area contributed by atoms with E-state index in [0.29, 0.717) is 6.42 Å². The first-order chi connectivity index (χ1) is 9.99. The molecule has 0 spiro atoms. The molecule has 5 heteroatoms. The van der Waals surface area contributed by atoms with Crippen LogP contribution in [0.25, 0.3) is 0 Å². The van der Waals surface area contributed by atoms with E-state index in [4.69, 9.17) is 4.74 Å². The van der Waals surface area contributed by atoms with E-state index in [9.17, 15) is 4.79 Å². The van der Waals surface area contributed by atoms with E-state index in [1.165, 1.54) is 0 Å². The molecule has 5 nitrogen and oxygen atoms in total. The van der Waals surface area contributed by atoms with E-state index in [-0.39, 0.29) is 11.9 Å². The zero-order chi connectivity index (χ0) is 15.4. The van der Waals surface area contributed by atoms with Crippen molar-refractivity contribution in [1.82, 2.24) is 9.78 Å². The molecule has 0 radical (unpaired) electrons. The highest BCUT2D eigenvalue weighted by atomic mass is 16.5. The number of amides is 1. The van der Waals surface area contributed by atoms with Crippen molar-refractivity contribution >= 4 is 11.6 Å². The minimum atomic E-state index is -0.0386. The molecule has 1 aromatic carbocycles. The van der Waals surface area contributed by atoms with Crippen molar-refractivity contribution in [1.29, 1.82) is 0 Å². The fourth-order valence-electron chi connectivity index (χ4n) is 2.36. The van der Waals surface area contributed by atoms with Crippen LogP contribution in [0, 0.1) is 13.8 Å². The number of carbonyl (C=O) groups is 1. The van der Waals surface area contributed by atoms with Crippen LogP contribution in [0.3, 0.4) is 0 Å². The summed E-state index contributed by atoms with van der Waals surface area (Å²) in [6.07, 6.45) is 0.374. The van der Waals surface area contributed by atoms with Gasteiger partial charge in [-0.1, -0.05) is 6.07 Å². The van der Waals surface area contributed by atoms with E-state index < -0.39 is 0 Å². The summed E-state index contributed by atoms with van der Waals surface area (Å²) in [4.78, 5) is 12.1. The number of carbonyl (C=O) groups excluding carboxylic acids is 1. The van der Waals surface area contributed by atoms with E-state index >= 15 is 0 Å². The monoisotopic (exact) mass is 287 g/mol. The molecule has 0 aliphatic heterocycles. The SMILES string of the molecule is COc1cccc(NC(=O)C[C@H](C)n2nc(C)cc2C)c1. The van der Waals surface area contributed by atoms with Crippen molar-refractivity contribution in [3.05, 3.63) is 41.7 Å². The van der Waals surface area contributed by atoms with Crippen LogP contribution < -0.4 is 10.1 Å². The molecule has 2 aromatic rings. The minimum Gasteiger partial charge on any atom is -0.497 e. The Morgan fingerprint density at radius 1 is 1.38 bits per heavy atom. The molecule has 2 rings (SSSR count). The Balaban J connectivity index is 1.99. The Morgan fingerprint density at radius 2 is 2.14 bits per heavy atom. The van der Waals surface area contributed by atoms with Gasteiger partial charge in [0, 0.05) is 23.9 Å². The molecule has 1 N–H and O–H groups in total. The third-order valence-corrected chi connectivity index (χ3v) is 3.30. The Labute approximate surface area is 124 Å². The maximum absolute atomic E-state index is 12.1. The molecule has 1 amide bonds. The second kappa shape index (κ2) is 6.43. The van der Waals surface area contributed by atoms with Gasteiger partial charge in [-0.3, -0.25) is 9.48 Å². The summed E-state index contributed by atoms with van der Waals surface area (Å²) in [6.45, 7) is 5.94. The average Bonchev–Trinajstić information content (AvgIpc) is 2.77. The third-order valence-electron chi connectivity index (χ3n) is 3.30. The lowest BCUT2D eigenvalue weighted by molar-refractivity contribution is -0.116. The lowest BCUT2D eigenvalue weighted by Crippen LogP contribution is -2.19. The summed E-state index contributed by atoms with van der Waals surface area (Å²) < 4.78 is 7.03. The fraction of sp³-hybridized carbons (Fsp3) is 0.375. The van der Waals surface area contributed by atoms with Crippen LogP contribution in [-0.2, 0) is 4.79 Å². The normalized spacial score (nSPS) is 12.0. The summed E-state index contributed by atoms with van der Waals surface area (Å²) in [5, 5.41) is 7.30. The molecule has 0 aliphatic carbocycles. The molecule has 112 valence electrons. The van der Waals surface area contributed by atoms with Crippen molar-refractivity contribution in [3.63, 3.8) is 0 Å². The van der Waals surface area contributed by atoms with Crippen LogP contribution in [0.15, 0.2) is 30.3 Å². The molecular weight excluding hydrogens is 266 g/mol. The van der Waals surface area contributed by atoms with Gasteiger partial charge in [0.15, 0.2) is 0 Å². The number of nitrogens with one attached hydrogen (secondary N) is 1. The predicted molar refractivity (Wildman–Crippen MR) is 82.7 cm³/mol. The first kappa shape index (κ1) is 15.1. The molecule has 0 saturated carbocycles. The number of nitrogens with zero attached hydrogens (tertiary/aromatic N) is 2. The number of ether oxygens (including phenoxy) is 1. The molecule has 21 heavy (non-hydrogen) atoms. The van der Waals surface area contributed by atoms with Gasteiger partial charge >= 0.3 is 0 Å². The molecule has 0 saturated heterocycles. The quantitative estimate of drug-likeness (QED) is 0.919. The zero-order valence-electron chi connectivity index (χ0n) is 12.9. The van der Waals surface area contributed by atoms with Gasteiger partial charge in [0.1, 0.15) is 5.75 Å². The van der Waals surface area contributed by atoms with Gasteiger partial charge in [-0.05, 0) is 39.0 Å². The number of hydrogen-bond donors (Lipinski definition) is 1. The van der Waals surface area contributed by atoms with E-state index in [2.05, 4.69) is 10.4 Å². The summed E-state index contributed by atoms with van der Waals surface area (Å²) in [5.74, 6) is 0.683. The number of aryl methyl sites for hydroxylation is 2. The van der Waals surface area contributed by atoms with Gasteiger partial charge in [0.25, 0.3) is 0 Å². The maximum atomic E-state index is 12.1. The van der Waals surface area contributed by atoms with Crippen LogP contribution in [-0.4, -0.2) is 22.8 Å². The van der Waals surface area contributed by atoms with Gasteiger partial charge in [0.2, 0.25) is 5.91 Å². The van der Waals surface area contributed by atoms with Gasteiger partial charge in [0.05, 0.1) is 18.8 Å². The number of methoxy groups -OCH3 is 1. The standard InChI is InChI=1S/C16H21N3O2/c1-11-8-12(2)19(18-11)13(3)9-16(20)17-14-6-5-7-15(10-14)21-4/h5-8,10,13H,9H2,1-4H3,(H,17,20)/t13-/m0/s1. The lowest BCUT2D eigenvalue weighted by atomic mass is 10.2. The second-order valence-corrected chi connectivity index (χ2v) is 5.20. The topological polar surface area (TPSA) is 56.1 Å². The molecule has 0 bridgehead atoms. The largest absolute Gasteiger partial charge is 0.497 e. The van der Waals surface area contributed by atoms with Gasteiger partial charge in [-0.15, -0.1) is 0 Å². The molecule has 1 aromatic heterocycles. The fourth-order valence-corrected chi connectivity index (χ4v) is 2.36. The maximum Gasteiger partial charge on any atom is 0.226 e. The summed E-state index contributed by atoms with van der Waals surface area (Å²) in [5.41, 5.74) is 2.77. The minimum absolute atomic E-state index is 0.0179. The van der Waals surface area contributed by atoms with Crippen molar-refractivity contribution in [2.24, 2.45) is 0 Å². The van der Waals surface area contributed by atoms with E-state index in [1.54, 1.807) is 13.2 Å². The Bertz CT molecular complexity index is 634. The van der Waals surface area contributed by atoms with Crippen LogP contribution >= 0.6 is 0 Å². The Hall–Kier alpha value is -2.30. The van der Waals surface area contributed by atoms with Gasteiger partial charge < -0.3 is 10.1 Å². The highest BCUT2D eigenvalue weighted by Gasteiger charge is 2.14. The molecule has 1 heterocycles. The van der Waals surface area contributed by atoms with Gasteiger partial charge in [-0.2, -0.15) is 5.10 Å². The summed E-state index contributed by atoms with van der Waals surface area (Å²) >= 11 is 0. The summed E-state index contributed by atoms with van der Waals surface area (Å²) in [6, 6.07) is 9.35. The number of hydrogen-bond acceptors (Lipinski definition) is 3. The predicted octanol–water partition coefficient (Wildman–Crippen LogP) is 3.10. The van der Waals surface area contributed by atoms with Crippen molar-refractivity contribution < 1.29 is 9.53 Å². The average molecular weight is 287 g/mol.